The zero-order valence-electron chi connectivity index (χ0n) is 8.42. The van der Waals surface area contributed by atoms with Crippen LogP contribution in [-0.2, 0) is 9.47 Å². The second-order valence-electron chi connectivity index (χ2n) is 3.16. The first-order valence-electron chi connectivity index (χ1n) is 4.76. The van der Waals surface area contributed by atoms with Crippen LogP contribution in [0, 0.1) is 0 Å². The van der Waals surface area contributed by atoms with Crippen LogP contribution in [0.25, 0.3) is 0 Å². The van der Waals surface area contributed by atoms with E-state index in [4.69, 9.17) is 14.6 Å². The van der Waals surface area contributed by atoms with Crippen molar-refractivity contribution in [1.82, 2.24) is 0 Å². The summed E-state index contributed by atoms with van der Waals surface area (Å²) in [5, 5.41) is 9.06. The van der Waals surface area contributed by atoms with Crippen LogP contribution in [0.5, 0.6) is 5.75 Å². The molecule has 0 bridgehead atoms. The molecule has 16 heavy (non-hydrogen) atoms. The molecule has 0 saturated carbocycles. The Hall–Kier alpha value is -2.23. The summed E-state index contributed by atoms with van der Waals surface area (Å²) in [5.41, 5.74) is 0.358. The Balaban J connectivity index is 2.05. The summed E-state index contributed by atoms with van der Waals surface area (Å²) < 4.78 is 10.1. The van der Waals surface area contributed by atoms with Crippen molar-refractivity contribution in [3.8, 4) is 5.75 Å². The van der Waals surface area contributed by atoms with Gasteiger partial charge in [0.1, 0.15) is 12.4 Å². The lowest BCUT2D eigenvalue weighted by Gasteiger charge is -2.10. The maximum atomic E-state index is 11.6. The third-order valence-corrected chi connectivity index (χ3v) is 1.99. The van der Waals surface area contributed by atoms with Crippen molar-refractivity contribution in [1.29, 1.82) is 0 Å². The molecular formula is C12H10O4. The van der Waals surface area contributed by atoms with E-state index in [-0.39, 0.29) is 11.7 Å². The number of benzene rings is 1. The Kier molecular flexibility index (Phi) is 2.91. The van der Waals surface area contributed by atoms with Crippen molar-refractivity contribution in [2.75, 3.05) is 6.61 Å². The molecule has 0 unspecified atom stereocenters. The summed E-state index contributed by atoms with van der Waals surface area (Å²) in [6.07, 6.45) is 5.13. The number of esters is 1. The third kappa shape index (κ3) is 2.42. The third-order valence-electron chi connectivity index (χ3n) is 1.99. The van der Waals surface area contributed by atoms with Crippen molar-refractivity contribution < 1.29 is 19.4 Å². The molecule has 0 aliphatic carbocycles. The topological polar surface area (TPSA) is 55.8 Å². The van der Waals surface area contributed by atoms with E-state index in [0.717, 1.165) is 0 Å². The number of carbonyl (C=O) groups is 1. The van der Waals surface area contributed by atoms with Crippen LogP contribution in [0.4, 0.5) is 0 Å². The van der Waals surface area contributed by atoms with E-state index in [9.17, 15) is 4.79 Å². The maximum absolute atomic E-state index is 11.6. The van der Waals surface area contributed by atoms with Crippen LogP contribution in [0.1, 0.15) is 10.4 Å². The number of rotatable bonds is 2. The molecule has 4 nitrogen and oxygen atoms in total. The number of hydrogen-bond acceptors (Lipinski definition) is 4. The van der Waals surface area contributed by atoms with Gasteiger partial charge in [0.25, 0.3) is 5.95 Å². The number of carbonyl (C=O) groups excluding carboxylic acids is 1. The molecule has 0 atom stereocenters. The molecule has 1 aliphatic rings. The van der Waals surface area contributed by atoms with Gasteiger partial charge in [0.15, 0.2) is 0 Å². The van der Waals surface area contributed by atoms with Crippen LogP contribution < -0.4 is 0 Å². The first kappa shape index (κ1) is 10.3. The summed E-state index contributed by atoms with van der Waals surface area (Å²) in [7, 11) is 0. The van der Waals surface area contributed by atoms with E-state index in [1.165, 1.54) is 24.3 Å². The van der Waals surface area contributed by atoms with Crippen LogP contribution in [0.15, 0.2) is 48.4 Å². The van der Waals surface area contributed by atoms with Gasteiger partial charge in [-0.05, 0) is 30.3 Å². The van der Waals surface area contributed by atoms with Crippen LogP contribution >= 0.6 is 0 Å². The molecule has 2 rings (SSSR count). The van der Waals surface area contributed by atoms with E-state index < -0.39 is 5.97 Å². The number of allylic oxidation sites excluding steroid dienone is 2. The molecule has 1 heterocycles. The second-order valence-corrected chi connectivity index (χ2v) is 3.16. The lowest BCUT2D eigenvalue weighted by molar-refractivity contribution is 0.0300. The van der Waals surface area contributed by atoms with Gasteiger partial charge in [0, 0.05) is 6.08 Å². The molecule has 0 amide bonds. The van der Waals surface area contributed by atoms with Crippen molar-refractivity contribution in [3.63, 3.8) is 0 Å². The summed E-state index contributed by atoms with van der Waals surface area (Å²) in [6, 6.07) is 5.81. The van der Waals surface area contributed by atoms with E-state index in [2.05, 4.69) is 0 Å². The molecule has 0 aromatic heterocycles. The molecule has 82 valence electrons. The average molecular weight is 218 g/mol. The fourth-order valence-corrected chi connectivity index (χ4v) is 1.19. The highest BCUT2D eigenvalue weighted by atomic mass is 16.7. The Bertz CT molecular complexity index is 443. The SMILES string of the molecule is O=C(OC1=CC=CCO1)c1ccc(O)cc1. The van der Waals surface area contributed by atoms with Crippen molar-refractivity contribution in [2.45, 2.75) is 0 Å². The van der Waals surface area contributed by atoms with Gasteiger partial charge in [-0.2, -0.15) is 0 Å². The Morgan fingerprint density at radius 1 is 1.31 bits per heavy atom. The highest BCUT2D eigenvalue weighted by Crippen LogP contribution is 2.13. The lowest BCUT2D eigenvalue weighted by atomic mass is 10.2. The van der Waals surface area contributed by atoms with Gasteiger partial charge in [-0.3, -0.25) is 0 Å². The van der Waals surface area contributed by atoms with Crippen molar-refractivity contribution in [2.24, 2.45) is 0 Å². The van der Waals surface area contributed by atoms with Crippen molar-refractivity contribution >= 4 is 5.97 Å². The van der Waals surface area contributed by atoms with E-state index in [1.54, 1.807) is 18.2 Å². The molecule has 0 saturated heterocycles. The number of ether oxygens (including phenoxy) is 2. The van der Waals surface area contributed by atoms with E-state index in [0.29, 0.717) is 12.2 Å². The standard InChI is InChI=1S/C12H10O4/c13-10-6-4-9(5-7-10)12(14)16-11-3-1-2-8-15-11/h1-7,13H,8H2. The number of aromatic hydroxyl groups is 1. The molecule has 1 aromatic rings. The van der Waals surface area contributed by atoms with Gasteiger partial charge in [-0.1, -0.05) is 6.08 Å². The minimum absolute atomic E-state index is 0.104. The average Bonchev–Trinajstić information content (AvgIpc) is 2.31. The number of phenols is 1. The molecule has 0 spiro atoms. The largest absolute Gasteiger partial charge is 0.508 e. The molecule has 1 aromatic carbocycles. The summed E-state index contributed by atoms with van der Waals surface area (Å²) in [6.45, 7) is 0.398. The van der Waals surface area contributed by atoms with Crippen molar-refractivity contribution in [3.05, 3.63) is 54.0 Å². The van der Waals surface area contributed by atoms with Crippen LogP contribution in [0.2, 0.25) is 0 Å². The molecular weight excluding hydrogens is 208 g/mol. The zero-order valence-corrected chi connectivity index (χ0v) is 8.42. The van der Waals surface area contributed by atoms with Crippen LogP contribution in [-0.4, -0.2) is 17.7 Å². The highest BCUT2D eigenvalue weighted by molar-refractivity contribution is 5.90. The first-order valence-corrected chi connectivity index (χ1v) is 4.76. The molecule has 1 N–H and O–H groups in total. The molecule has 1 aliphatic heterocycles. The van der Waals surface area contributed by atoms with Gasteiger partial charge < -0.3 is 14.6 Å². The van der Waals surface area contributed by atoms with Gasteiger partial charge in [-0.15, -0.1) is 0 Å². The monoisotopic (exact) mass is 218 g/mol. The lowest BCUT2D eigenvalue weighted by Crippen LogP contribution is -2.08. The summed E-state index contributed by atoms with van der Waals surface area (Å²) in [4.78, 5) is 11.6. The van der Waals surface area contributed by atoms with Gasteiger partial charge >= 0.3 is 5.97 Å². The van der Waals surface area contributed by atoms with Crippen LogP contribution in [0.3, 0.4) is 0 Å². The number of phenolic OH excluding ortho intramolecular Hbond substituents is 1. The normalized spacial score (nSPS) is 13.9. The molecule has 0 radical (unpaired) electrons. The fourth-order valence-electron chi connectivity index (χ4n) is 1.19. The van der Waals surface area contributed by atoms with Gasteiger partial charge in [0.05, 0.1) is 5.56 Å². The molecule has 4 heteroatoms. The summed E-state index contributed by atoms with van der Waals surface area (Å²) in [5.74, 6) is -0.227. The second kappa shape index (κ2) is 4.53. The Morgan fingerprint density at radius 2 is 2.06 bits per heavy atom. The van der Waals surface area contributed by atoms with Gasteiger partial charge in [0.2, 0.25) is 0 Å². The predicted octanol–water partition coefficient (Wildman–Crippen LogP) is 1.98. The smallest absolute Gasteiger partial charge is 0.345 e. The number of hydrogen-bond donors (Lipinski definition) is 1. The molecule has 0 fully saturated rings. The summed E-state index contributed by atoms with van der Waals surface area (Å²) >= 11 is 0. The van der Waals surface area contributed by atoms with Gasteiger partial charge in [-0.25, -0.2) is 4.79 Å². The minimum atomic E-state index is -0.512. The van der Waals surface area contributed by atoms with E-state index in [1.807, 2.05) is 0 Å². The Labute approximate surface area is 92.4 Å². The first-order chi connectivity index (χ1) is 7.75. The Morgan fingerprint density at radius 3 is 2.69 bits per heavy atom. The zero-order chi connectivity index (χ0) is 11.4. The fraction of sp³-hybridized carbons (Fsp3) is 0.0833. The highest BCUT2D eigenvalue weighted by Gasteiger charge is 2.11. The minimum Gasteiger partial charge on any atom is -0.508 e. The van der Waals surface area contributed by atoms with E-state index >= 15 is 0 Å². The predicted molar refractivity (Wildman–Crippen MR) is 56.7 cm³/mol. The quantitative estimate of drug-likeness (QED) is 0.771. The maximum Gasteiger partial charge on any atom is 0.345 e.